The minimum atomic E-state index is 0.705. The van der Waals surface area contributed by atoms with E-state index in [0.717, 1.165) is 18.0 Å². The zero-order chi connectivity index (χ0) is 8.97. The Morgan fingerprint density at radius 2 is 2.17 bits per heavy atom. The van der Waals surface area contributed by atoms with Gasteiger partial charge in [-0.3, -0.25) is 5.01 Å². The van der Waals surface area contributed by atoms with Crippen molar-refractivity contribution >= 4 is 0 Å². The summed E-state index contributed by atoms with van der Waals surface area (Å²) in [6, 6.07) is 0. The Bertz CT molecular complexity index is 197. The number of hydrogen-bond acceptors (Lipinski definition) is 3. The van der Waals surface area contributed by atoms with Crippen LogP contribution in [0, 0.1) is 5.21 Å². The molecule has 0 heterocycles. The first-order valence-corrected chi connectivity index (χ1v) is 4.17. The van der Waals surface area contributed by atoms with Gasteiger partial charge in [0.05, 0.1) is 0 Å². The Kier molecular flexibility index (Phi) is 3.47. The summed E-state index contributed by atoms with van der Waals surface area (Å²) in [6.07, 6.45) is 8.64. The van der Waals surface area contributed by atoms with Crippen LogP contribution in [0.1, 0.15) is 12.8 Å². The van der Waals surface area contributed by atoms with E-state index in [-0.39, 0.29) is 0 Å². The normalized spacial score (nSPS) is 17.2. The molecule has 0 aromatic heterocycles. The third-order valence-electron chi connectivity index (χ3n) is 1.96. The van der Waals surface area contributed by atoms with Crippen LogP contribution in [0.2, 0.25) is 0 Å². The standard InChI is InChI=1S/C9H15N2O/c1-10(11(2)12)8-9-6-4-3-5-7-9/h4,6-7H,3,5,8H2,1-2H3/q-1. The van der Waals surface area contributed by atoms with Crippen LogP contribution >= 0.6 is 0 Å². The lowest BCUT2D eigenvalue weighted by Gasteiger charge is -2.33. The molecular formula is C9H15N2O-. The number of hydroxylamine groups is 1. The van der Waals surface area contributed by atoms with Crippen LogP contribution in [0.5, 0.6) is 0 Å². The predicted octanol–water partition coefficient (Wildman–Crippen LogP) is 1.54. The van der Waals surface area contributed by atoms with Crippen molar-refractivity contribution in [2.75, 3.05) is 20.6 Å². The lowest BCUT2D eigenvalue weighted by molar-refractivity contribution is 0.0938. The molecular weight excluding hydrogens is 152 g/mol. The van der Waals surface area contributed by atoms with Gasteiger partial charge in [0.25, 0.3) is 0 Å². The summed E-state index contributed by atoms with van der Waals surface area (Å²) in [7, 11) is 3.30. The highest BCUT2D eigenvalue weighted by molar-refractivity contribution is 5.23. The van der Waals surface area contributed by atoms with Gasteiger partial charge >= 0.3 is 0 Å². The van der Waals surface area contributed by atoms with E-state index in [4.69, 9.17) is 0 Å². The molecule has 0 N–H and O–H groups in total. The zero-order valence-corrected chi connectivity index (χ0v) is 7.66. The van der Waals surface area contributed by atoms with Gasteiger partial charge < -0.3 is 10.4 Å². The first-order chi connectivity index (χ1) is 5.70. The van der Waals surface area contributed by atoms with E-state index in [1.165, 1.54) is 12.6 Å². The van der Waals surface area contributed by atoms with Gasteiger partial charge in [-0.05, 0) is 25.5 Å². The molecule has 3 nitrogen and oxygen atoms in total. The second-order valence-electron chi connectivity index (χ2n) is 3.04. The Morgan fingerprint density at radius 3 is 2.67 bits per heavy atom. The van der Waals surface area contributed by atoms with Crippen LogP contribution in [0.3, 0.4) is 0 Å². The monoisotopic (exact) mass is 167 g/mol. The topological polar surface area (TPSA) is 29.5 Å². The number of hydrogen-bond donors (Lipinski definition) is 0. The smallest absolute Gasteiger partial charge is 0.0367 e. The molecule has 68 valence electrons. The van der Waals surface area contributed by atoms with E-state index >= 15 is 0 Å². The Balaban J connectivity index is 2.40. The molecule has 0 aromatic rings. The summed E-state index contributed by atoms with van der Waals surface area (Å²) in [5.74, 6) is 0. The molecule has 0 aromatic carbocycles. The third kappa shape index (κ3) is 2.77. The molecule has 0 saturated carbocycles. The van der Waals surface area contributed by atoms with Crippen molar-refractivity contribution in [1.82, 2.24) is 10.2 Å². The van der Waals surface area contributed by atoms with Gasteiger partial charge in [0.15, 0.2) is 0 Å². The van der Waals surface area contributed by atoms with Crippen molar-refractivity contribution < 1.29 is 0 Å². The summed E-state index contributed by atoms with van der Waals surface area (Å²) in [4.78, 5) is 0. The highest BCUT2D eigenvalue weighted by Gasteiger charge is 2.01. The van der Waals surface area contributed by atoms with Gasteiger partial charge in [0.2, 0.25) is 0 Å². The Labute approximate surface area is 73.5 Å². The van der Waals surface area contributed by atoms with Gasteiger partial charge in [0, 0.05) is 13.6 Å². The van der Waals surface area contributed by atoms with Gasteiger partial charge in [0.1, 0.15) is 0 Å². The molecule has 3 heteroatoms. The van der Waals surface area contributed by atoms with E-state index in [1.54, 1.807) is 12.1 Å². The maximum absolute atomic E-state index is 10.8. The fourth-order valence-electron chi connectivity index (χ4n) is 1.15. The Morgan fingerprint density at radius 1 is 1.42 bits per heavy atom. The van der Waals surface area contributed by atoms with Crippen molar-refractivity contribution in [3.63, 3.8) is 0 Å². The molecule has 0 radical (unpaired) electrons. The summed E-state index contributed by atoms with van der Waals surface area (Å²) < 4.78 is 0. The van der Waals surface area contributed by atoms with E-state index in [1.807, 2.05) is 0 Å². The second kappa shape index (κ2) is 4.40. The fourth-order valence-corrected chi connectivity index (χ4v) is 1.15. The number of likely N-dealkylation sites (N-methyl/N-ethyl adjacent to an activating group) is 1. The molecule has 1 aliphatic carbocycles. The lowest BCUT2D eigenvalue weighted by Crippen LogP contribution is -2.33. The van der Waals surface area contributed by atoms with Crippen LogP contribution in [-0.4, -0.2) is 30.8 Å². The largest absolute Gasteiger partial charge is 0.772 e. The molecule has 0 atom stereocenters. The number of allylic oxidation sites excluding steroid dienone is 2. The highest BCUT2D eigenvalue weighted by atomic mass is 16.5. The molecule has 0 saturated heterocycles. The first-order valence-electron chi connectivity index (χ1n) is 4.17. The maximum atomic E-state index is 10.8. The lowest BCUT2D eigenvalue weighted by atomic mass is 10.1. The van der Waals surface area contributed by atoms with Crippen LogP contribution in [0.4, 0.5) is 0 Å². The molecule has 0 unspecified atom stereocenters. The van der Waals surface area contributed by atoms with Crippen molar-refractivity contribution in [2.24, 2.45) is 0 Å². The van der Waals surface area contributed by atoms with Crippen LogP contribution < -0.4 is 0 Å². The van der Waals surface area contributed by atoms with Crippen molar-refractivity contribution in [1.29, 1.82) is 0 Å². The summed E-state index contributed by atoms with van der Waals surface area (Å²) in [6.45, 7) is 0.705. The molecule has 1 rings (SSSR count). The molecule has 0 bridgehead atoms. The van der Waals surface area contributed by atoms with Gasteiger partial charge in [-0.25, -0.2) is 0 Å². The minimum absolute atomic E-state index is 0.705. The number of hydrazine groups is 1. The average molecular weight is 167 g/mol. The maximum Gasteiger partial charge on any atom is 0.0367 e. The van der Waals surface area contributed by atoms with E-state index in [2.05, 4.69) is 18.2 Å². The SMILES string of the molecule is CN([O-])N(C)CC1=CCCC=C1. The Hall–Kier alpha value is -0.640. The van der Waals surface area contributed by atoms with E-state index < -0.39 is 0 Å². The van der Waals surface area contributed by atoms with E-state index in [0.29, 0.717) is 6.54 Å². The average Bonchev–Trinajstić information content (AvgIpc) is 2.06. The molecule has 0 fully saturated rings. The quantitative estimate of drug-likeness (QED) is 0.597. The summed E-state index contributed by atoms with van der Waals surface area (Å²) in [5, 5.41) is 13.3. The van der Waals surface area contributed by atoms with Crippen LogP contribution in [0.15, 0.2) is 23.8 Å². The minimum Gasteiger partial charge on any atom is -0.772 e. The second-order valence-corrected chi connectivity index (χ2v) is 3.04. The van der Waals surface area contributed by atoms with Crippen molar-refractivity contribution in [3.8, 4) is 0 Å². The molecule has 0 aliphatic heterocycles. The van der Waals surface area contributed by atoms with E-state index in [9.17, 15) is 5.21 Å². The third-order valence-corrected chi connectivity index (χ3v) is 1.96. The molecule has 12 heavy (non-hydrogen) atoms. The summed E-state index contributed by atoms with van der Waals surface area (Å²) in [5.41, 5.74) is 1.23. The molecule has 1 aliphatic rings. The zero-order valence-electron chi connectivity index (χ0n) is 7.66. The van der Waals surface area contributed by atoms with Crippen LogP contribution in [-0.2, 0) is 0 Å². The highest BCUT2D eigenvalue weighted by Crippen LogP contribution is 2.10. The molecule has 0 spiro atoms. The van der Waals surface area contributed by atoms with Crippen molar-refractivity contribution in [2.45, 2.75) is 12.8 Å². The first kappa shape index (κ1) is 9.45. The van der Waals surface area contributed by atoms with Crippen LogP contribution in [0.25, 0.3) is 0 Å². The summed E-state index contributed by atoms with van der Waals surface area (Å²) >= 11 is 0. The number of nitrogens with zero attached hydrogens (tertiary/aromatic N) is 2. The van der Waals surface area contributed by atoms with Gasteiger partial charge in [-0.15, -0.1) is 0 Å². The van der Waals surface area contributed by atoms with Gasteiger partial charge in [-0.1, -0.05) is 18.2 Å². The fraction of sp³-hybridized carbons (Fsp3) is 0.556. The predicted molar refractivity (Wildman–Crippen MR) is 50.2 cm³/mol. The number of rotatable bonds is 3. The molecule has 0 amide bonds. The van der Waals surface area contributed by atoms with Gasteiger partial charge in [-0.2, -0.15) is 0 Å². The van der Waals surface area contributed by atoms with Crippen molar-refractivity contribution in [3.05, 3.63) is 29.0 Å².